The topological polar surface area (TPSA) is 21.3 Å². The zero-order chi connectivity index (χ0) is 14.3. The minimum Gasteiger partial charge on any atom is -0.496 e. The van der Waals surface area contributed by atoms with Gasteiger partial charge in [-0.3, -0.25) is 0 Å². The summed E-state index contributed by atoms with van der Waals surface area (Å²) in [5.74, 6) is 0.999. The molecule has 0 aromatic heterocycles. The molecule has 108 valence electrons. The van der Waals surface area contributed by atoms with E-state index in [1.807, 2.05) is 0 Å². The molecule has 0 bridgehead atoms. The van der Waals surface area contributed by atoms with Gasteiger partial charge >= 0.3 is 0 Å². The third kappa shape index (κ3) is 3.73. The Hall–Kier alpha value is -1.02. The van der Waals surface area contributed by atoms with E-state index in [1.54, 1.807) is 7.11 Å². The molecule has 0 spiro atoms. The van der Waals surface area contributed by atoms with Crippen molar-refractivity contribution in [2.75, 3.05) is 20.2 Å². The van der Waals surface area contributed by atoms with Gasteiger partial charge in [-0.25, -0.2) is 0 Å². The molecule has 0 radical (unpaired) electrons. The van der Waals surface area contributed by atoms with Gasteiger partial charge < -0.3 is 10.1 Å². The highest BCUT2D eigenvalue weighted by Gasteiger charge is 2.28. The summed E-state index contributed by atoms with van der Waals surface area (Å²) in [4.78, 5) is 0. The number of rotatable bonds is 8. The lowest BCUT2D eigenvalue weighted by molar-refractivity contribution is 0.364. The van der Waals surface area contributed by atoms with Crippen LogP contribution in [0.5, 0.6) is 5.75 Å². The Kier molecular flexibility index (Phi) is 6.36. The molecular weight excluding hydrogens is 234 g/mol. The van der Waals surface area contributed by atoms with E-state index in [9.17, 15) is 0 Å². The fourth-order valence-corrected chi connectivity index (χ4v) is 2.66. The first-order chi connectivity index (χ1) is 9.13. The molecule has 19 heavy (non-hydrogen) atoms. The van der Waals surface area contributed by atoms with Gasteiger partial charge in [0.1, 0.15) is 5.75 Å². The van der Waals surface area contributed by atoms with E-state index >= 15 is 0 Å². The molecule has 0 aliphatic rings. The van der Waals surface area contributed by atoms with Crippen molar-refractivity contribution >= 4 is 0 Å². The Morgan fingerprint density at radius 3 is 2.37 bits per heavy atom. The van der Waals surface area contributed by atoms with Crippen LogP contribution in [0.2, 0.25) is 0 Å². The predicted octanol–water partition coefficient (Wildman–Crippen LogP) is 4.06. The first-order valence-electron chi connectivity index (χ1n) is 7.49. The summed E-state index contributed by atoms with van der Waals surface area (Å²) in [6.45, 7) is 11.0. The van der Waals surface area contributed by atoms with Gasteiger partial charge in [0.15, 0.2) is 0 Å². The smallest absolute Gasteiger partial charge is 0.122 e. The van der Waals surface area contributed by atoms with Crippen molar-refractivity contribution in [3.63, 3.8) is 0 Å². The Labute approximate surface area is 118 Å². The van der Waals surface area contributed by atoms with Crippen molar-refractivity contribution in [1.82, 2.24) is 5.32 Å². The first-order valence-corrected chi connectivity index (χ1v) is 7.49. The molecule has 2 heteroatoms. The Balaban J connectivity index is 3.03. The number of nitrogens with one attached hydrogen (secondary N) is 1. The summed E-state index contributed by atoms with van der Waals surface area (Å²) in [5.41, 5.74) is 2.81. The largest absolute Gasteiger partial charge is 0.496 e. The maximum absolute atomic E-state index is 5.48. The van der Waals surface area contributed by atoms with Crippen LogP contribution in [0.3, 0.4) is 0 Å². The monoisotopic (exact) mass is 263 g/mol. The molecule has 0 atom stereocenters. The van der Waals surface area contributed by atoms with Gasteiger partial charge in [-0.15, -0.1) is 0 Å². The molecule has 0 saturated carbocycles. The zero-order valence-electron chi connectivity index (χ0n) is 13.2. The van der Waals surface area contributed by atoms with Gasteiger partial charge in [-0.1, -0.05) is 32.9 Å². The van der Waals surface area contributed by atoms with E-state index in [4.69, 9.17) is 4.74 Å². The maximum Gasteiger partial charge on any atom is 0.122 e. The molecule has 0 saturated heterocycles. The Morgan fingerprint density at radius 1 is 1.16 bits per heavy atom. The van der Waals surface area contributed by atoms with Crippen LogP contribution in [0, 0.1) is 6.92 Å². The van der Waals surface area contributed by atoms with Crippen LogP contribution >= 0.6 is 0 Å². The van der Waals surface area contributed by atoms with Crippen molar-refractivity contribution in [2.24, 2.45) is 0 Å². The van der Waals surface area contributed by atoms with Crippen LogP contribution in [0.1, 0.15) is 51.2 Å². The molecule has 0 aliphatic carbocycles. The Bertz CT molecular complexity index is 383. The number of hydrogen-bond donors (Lipinski definition) is 1. The molecule has 0 aliphatic heterocycles. The van der Waals surface area contributed by atoms with E-state index in [1.165, 1.54) is 17.5 Å². The van der Waals surface area contributed by atoms with Gasteiger partial charge in [0.05, 0.1) is 7.11 Å². The highest BCUT2D eigenvalue weighted by molar-refractivity contribution is 5.40. The third-order valence-corrected chi connectivity index (χ3v) is 4.26. The first kappa shape index (κ1) is 16.0. The standard InChI is InChI=1S/C17H29NO/c1-6-11-18-13-17(7-2,8-3)15-10-9-14(4)16(12-15)19-5/h9-10,12,18H,6-8,11,13H2,1-5H3. The molecular formula is C17H29NO. The number of methoxy groups -OCH3 is 1. The molecule has 0 heterocycles. The maximum atomic E-state index is 5.48. The summed E-state index contributed by atoms with van der Waals surface area (Å²) in [7, 11) is 1.75. The molecule has 1 aromatic carbocycles. The minimum atomic E-state index is 0.218. The second kappa shape index (κ2) is 7.54. The van der Waals surface area contributed by atoms with Crippen molar-refractivity contribution in [1.29, 1.82) is 0 Å². The summed E-state index contributed by atoms with van der Waals surface area (Å²) in [6.07, 6.45) is 3.47. The fourth-order valence-electron chi connectivity index (χ4n) is 2.66. The number of benzene rings is 1. The third-order valence-electron chi connectivity index (χ3n) is 4.26. The van der Waals surface area contributed by atoms with E-state index in [0.29, 0.717) is 0 Å². The average Bonchev–Trinajstić information content (AvgIpc) is 2.45. The van der Waals surface area contributed by atoms with Crippen LogP contribution in [0.4, 0.5) is 0 Å². The van der Waals surface area contributed by atoms with Gasteiger partial charge in [-0.05, 0) is 49.9 Å². The minimum absolute atomic E-state index is 0.218. The molecule has 2 nitrogen and oxygen atoms in total. The van der Waals surface area contributed by atoms with Crippen molar-refractivity contribution in [2.45, 2.75) is 52.4 Å². The number of hydrogen-bond acceptors (Lipinski definition) is 2. The average molecular weight is 263 g/mol. The van der Waals surface area contributed by atoms with Crippen LogP contribution in [0.25, 0.3) is 0 Å². The van der Waals surface area contributed by atoms with Crippen LogP contribution in [0.15, 0.2) is 18.2 Å². The lowest BCUT2D eigenvalue weighted by Crippen LogP contribution is -2.37. The van der Waals surface area contributed by atoms with Crippen molar-refractivity contribution < 1.29 is 4.74 Å². The zero-order valence-corrected chi connectivity index (χ0v) is 13.2. The quantitative estimate of drug-likeness (QED) is 0.714. The lowest BCUT2D eigenvalue weighted by atomic mass is 9.75. The fraction of sp³-hybridized carbons (Fsp3) is 0.647. The highest BCUT2D eigenvalue weighted by Crippen LogP contribution is 2.34. The second-order valence-corrected chi connectivity index (χ2v) is 5.35. The number of aryl methyl sites for hydroxylation is 1. The highest BCUT2D eigenvalue weighted by atomic mass is 16.5. The molecule has 1 aromatic rings. The van der Waals surface area contributed by atoms with Gasteiger partial charge in [-0.2, -0.15) is 0 Å². The molecule has 0 amide bonds. The van der Waals surface area contributed by atoms with E-state index in [0.717, 1.165) is 31.7 Å². The summed E-state index contributed by atoms with van der Waals surface area (Å²) in [5, 5.41) is 3.59. The van der Waals surface area contributed by atoms with Gasteiger partial charge in [0.2, 0.25) is 0 Å². The molecule has 0 fully saturated rings. The van der Waals surface area contributed by atoms with Crippen molar-refractivity contribution in [3.8, 4) is 5.75 Å². The molecule has 1 rings (SSSR count). The Morgan fingerprint density at radius 2 is 1.84 bits per heavy atom. The lowest BCUT2D eigenvalue weighted by Gasteiger charge is -2.33. The normalized spacial score (nSPS) is 11.6. The summed E-state index contributed by atoms with van der Waals surface area (Å²) in [6, 6.07) is 6.66. The van der Waals surface area contributed by atoms with Crippen LogP contribution in [-0.4, -0.2) is 20.2 Å². The SMILES string of the molecule is CCCNCC(CC)(CC)c1ccc(C)c(OC)c1. The summed E-state index contributed by atoms with van der Waals surface area (Å²) < 4.78 is 5.48. The summed E-state index contributed by atoms with van der Waals surface area (Å²) >= 11 is 0. The number of ether oxygens (including phenoxy) is 1. The van der Waals surface area contributed by atoms with E-state index in [-0.39, 0.29) is 5.41 Å². The van der Waals surface area contributed by atoms with Gasteiger partial charge in [0.25, 0.3) is 0 Å². The van der Waals surface area contributed by atoms with Gasteiger partial charge in [0, 0.05) is 12.0 Å². The van der Waals surface area contributed by atoms with Crippen LogP contribution < -0.4 is 10.1 Å². The predicted molar refractivity (Wildman–Crippen MR) is 83.2 cm³/mol. The molecule has 0 unspecified atom stereocenters. The van der Waals surface area contributed by atoms with Crippen molar-refractivity contribution in [3.05, 3.63) is 29.3 Å². The van der Waals surface area contributed by atoms with E-state index < -0.39 is 0 Å². The second-order valence-electron chi connectivity index (χ2n) is 5.35. The molecule has 1 N–H and O–H groups in total. The van der Waals surface area contributed by atoms with E-state index in [2.05, 4.69) is 51.2 Å². The van der Waals surface area contributed by atoms with Crippen LogP contribution in [-0.2, 0) is 5.41 Å².